The summed E-state index contributed by atoms with van der Waals surface area (Å²) < 4.78 is 2.30. The SMILES string of the molecule is Cc1ccc(-c2cccc(-c3cc(C)ccc3C)[n+]2C)c(C)c1. The van der Waals surface area contributed by atoms with E-state index in [1.807, 2.05) is 0 Å². The fourth-order valence-electron chi connectivity index (χ4n) is 3.24. The molecular weight excluding hydrogens is 278 g/mol. The minimum Gasteiger partial charge on any atom is -0.194 e. The van der Waals surface area contributed by atoms with Crippen molar-refractivity contribution < 1.29 is 4.57 Å². The van der Waals surface area contributed by atoms with E-state index < -0.39 is 0 Å². The monoisotopic (exact) mass is 302 g/mol. The molecule has 0 spiro atoms. The van der Waals surface area contributed by atoms with E-state index in [1.54, 1.807) is 0 Å². The first-order valence-electron chi connectivity index (χ1n) is 8.11. The molecule has 0 aliphatic heterocycles. The van der Waals surface area contributed by atoms with Crippen LogP contribution < -0.4 is 4.57 Å². The fraction of sp³-hybridized carbons (Fsp3) is 0.227. The molecule has 1 aromatic heterocycles. The smallest absolute Gasteiger partial charge is 0.194 e. The molecule has 3 aromatic rings. The van der Waals surface area contributed by atoms with Crippen molar-refractivity contribution >= 4 is 0 Å². The highest BCUT2D eigenvalue weighted by molar-refractivity contribution is 5.66. The number of aromatic nitrogens is 1. The lowest BCUT2D eigenvalue weighted by atomic mass is 9.99. The van der Waals surface area contributed by atoms with Crippen LogP contribution in [0.25, 0.3) is 22.5 Å². The number of nitrogens with zero attached hydrogens (tertiary/aromatic N) is 1. The number of rotatable bonds is 2. The standard InChI is InChI=1S/C22H24N/c1-15-10-12-19(18(4)13-15)21-7-6-8-22(23(21)5)20-14-16(2)9-11-17(20)3/h6-14H,1-5H3/q+1. The highest BCUT2D eigenvalue weighted by Gasteiger charge is 2.18. The minimum absolute atomic E-state index is 1.25. The number of aryl methyl sites for hydroxylation is 4. The van der Waals surface area contributed by atoms with Crippen LogP contribution in [0.2, 0.25) is 0 Å². The number of hydrogen-bond donors (Lipinski definition) is 0. The third-order valence-corrected chi connectivity index (χ3v) is 4.56. The molecule has 2 aromatic carbocycles. The second kappa shape index (κ2) is 6.00. The van der Waals surface area contributed by atoms with Gasteiger partial charge in [0.25, 0.3) is 0 Å². The summed E-state index contributed by atoms with van der Waals surface area (Å²) in [5.41, 5.74) is 10.3. The van der Waals surface area contributed by atoms with Crippen molar-refractivity contribution in [2.75, 3.05) is 0 Å². The molecule has 0 aliphatic carbocycles. The molecular formula is C22H24N+. The van der Waals surface area contributed by atoms with Gasteiger partial charge in [0.05, 0.1) is 0 Å². The second-order valence-corrected chi connectivity index (χ2v) is 6.49. The minimum atomic E-state index is 1.25. The maximum absolute atomic E-state index is 2.30. The molecule has 1 heteroatoms. The normalized spacial score (nSPS) is 10.8. The van der Waals surface area contributed by atoms with Crippen LogP contribution in [0.15, 0.2) is 54.6 Å². The molecule has 0 bridgehead atoms. The Kier molecular flexibility index (Phi) is 4.04. The summed E-state index contributed by atoms with van der Waals surface area (Å²) in [5, 5.41) is 0. The van der Waals surface area contributed by atoms with Gasteiger partial charge in [0, 0.05) is 23.3 Å². The molecule has 0 saturated heterocycles. The van der Waals surface area contributed by atoms with E-state index in [4.69, 9.17) is 0 Å². The maximum Gasteiger partial charge on any atom is 0.213 e. The second-order valence-electron chi connectivity index (χ2n) is 6.49. The molecule has 0 radical (unpaired) electrons. The van der Waals surface area contributed by atoms with Crippen LogP contribution in [0.1, 0.15) is 22.3 Å². The fourth-order valence-corrected chi connectivity index (χ4v) is 3.24. The molecule has 116 valence electrons. The predicted molar refractivity (Wildman–Crippen MR) is 97.4 cm³/mol. The van der Waals surface area contributed by atoms with Crippen molar-refractivity contribution in [1.29, 1.82) is 0 Å². The molecule has 0 amide bonds. The van der Waals surface area contributed by atoms with Gasteiger partial charge in [0.2, 0.25) is 11.4 Å². The zero-order chi connectivity index (χ0) is 16.6. The Bertz CT molecular complexity index is 875. The molecule has 0 atom stereocenters. The number of hydrogen-bond acceptors (Lipinski definition) is 0. The highest BCUT2D eigenvalue weighted by Crippen LogP contribution is 2.26. The average molecular weight is 302 g/mol. The first kappa shape index (κ1) is 15.5. The van der Waals surface area contributed by atoms with Crippen LogP contribution in [-0.2, 0) is 7.05 Å². The Morgan fingerprint density at radius 2 is 1.22 bits per heavy atom. The average Bonchev–Trinajstić information content (AvgIpc) is 2.51. The zero-order valence-corrected chi connectivity index (χ0v) is 14.6. The van der Waals surface area contributed by atoms with Gasteiger partial charge in [-0.05, 0) is 57.0 Å². The van der Waals surface area contributed by atoms with Gasteiger partial charge < -0.3 is 0 Å². The molecule has 0 aliphatic rings. The maximum atomic E-state index is 2.30. The van der Waals surface area contributed by atoms with Crippen LogP contribution in [0.5, 0.6) is 0 Å². The molecule has 0 fully saturated rings. The summed E-state index contributed by atoms with van der Waals surface area (Å²) in [4.78, 5) is 0. The van der Waals surface area contributed by atoms with Crippen molar-refractivity contribution in [1.82, 2.24) is 0 Å². The van der Waals surface area contributed by atoms with Crippen LogP contribution in [-0.4, -0.2) is 0 Å². The van der Waals surface area contributed by atoms with Crippen molar-refractivity contribution in [3.63, 3.8) is 0 Å². The van der Waals surface area contributed by atoms with E-state index in [9.17, 15) is 0 Å². The van der Waals surface area contributed by atoms with E-state index in [0.717, 1.165) is 0 Å². The predicted octanol–water partition coefficient (Wildman–Crippen LogP) is 5.08. The Morgan fingerprint density at radius 1 is 0.609 bits per heavy atom. The third-order valence-electron chi connectivity index (χ3n) is 4.56. The molecule has 1 nitrogen and oxygen atoms in total. The topological polar surface area (TPSA) is 3.88 Å². The zero-order valence-electron chi connectivity index (χ0n) is 14.6. The first-order valence-corrected chi connectivity index (χ1v) is 8.11. The molecule has 1 heterocycles. The molecule has 3 rings (SSSR count). The van der Waals surface area contributed by atoms with Crippen LogP contribution in [0, 0.1) is 27.7 Å². The molecule has 23 heavy (non-hydrogen) atoms. The van der Waals surface area contributed by atoms with E-state index in [1.165, 1.54) is 44.8 Å². The quantitative estimate of drug-likeness (QED) is 0.581. The summed E-state index contributed by atoms with van der Waals surface area (Å²) in [5.74, 6) is 0. The number of benzene rings is 2. The van der Waals surface area contributed by atoms with Crippen LogP contribution in [0.3, 0.4) is 0 Å². The van der Waals surface area contributed by atoms with E-state index in [2.05, 4.69) is 93.9 Å². The van der Waals surface area contributed by atoms with Gasteiger partial charge >= 0.3 is 0 Å². The number of pyridine rings is 1. The van der Waals surface area contributed by atoms with Crippen molar-refractivity contribution in [2.45, 2.75) is 27.7 Å². The van der Waals surface area contributed by atoms with Crippen LogP contribution >= 0.6 is 0 Å². The first-order chi connectivity index (χ1) is 11.0. The molecule has 0 unspecified atom stereocenters. The van der Waals surface area contributed by atoms with Gasteiger partial charge in [-0.2, -0.15) is 4.57 Å². The Morgan fingerprint density at radius 3 is 1.91 bits per heavy atom. The summed E-state index contributed by atoms with van der Waals surface area (Å²) in [7, 11) is 2.16. The van der Waals surface area contributed by atoms with E-state index in [-0.39, 0.29) is 0 Å². The lowest BCUT2D eigenvalue weighted by Gasteiger charge is -2.10. The summed E-state index contributed by atoms with van der Waals surface area (Å²) in [6, 6.07) is 19.9. The lowest BCUT2D eigenvalue weighted by molar-refractivity contribution is -0.649. The van der Waals surface area contributed by atoms with Gasteiger partial charge in [-0.15, -0.1) is 0 Å². The van der Waals surface area contributed by atoms with Crippen molar-refractivity contribution in [2.24, 2.45) is 7.05 Å². The van der Waals surface area contributed by atoms with Gasteiger partial charge in [0.15, 0.2) is 0 Å². The summed E-state index contributed by atoms with van der Waals surface area (Å²) in [6.07, 6.45) is 0. The van der Waals surface area contributed by atoms with Gasteiger partial charge in [-0.1, -0.05) is 35.4 Å². The van der Waals surface area contributed by atoms with Gasteiger partial charge in [-0.3, -0.25) is 0 Å². The van der Waals surface area contributed by atoms with Crippen LogP contribution in [0.4, 0.5) is 0 Å². The summed E-state index contributed by atoms with van der Waals surface area (Å²) >= 11 is 0. The van der Waals surface area contributed by atoms with Crippen molar-refractivity contribution in [3.8, 4) is 22.5 Å². The van der Waals surface area contributed by atoms with Crippen molar-refractivity contribution in [3.05, 3.63) is 76.9 Å². The van der Waals surface area contributed by atoms with Gasteiger partial charge in [-0.25, -0.2) is 0 Å². The lowest BCUT2D eigenvalue weighted by Crippen LogP contribution is -2.34. The summed E-state index contributed by atoms with van der Waals surface area (Å²) in [6.45, 7) is 8.66. The Labute approximate surface area is 139 Å². The van der Waals surface area contributed by atoms with E-state index in [0.29, 0.717) is 0 Å². The molecule has 0 saturated carbocycles. The van der Waals surface area contributed by atoms with Gasteiger partial charge in [0.1, 0.15) is 7.05 Å². The Hall–Kier alpha value is -2.41. The molecule has 0 N–H and O–H groups in total. The Balaban J connectivity index is 2.21. The highest BCUT2D eigenvalue weighted by atomic mass is 14.9. The largest absolute Gasteiger partial charge is 0.213 e. The van der Waals surface area contributed by atoms with E-state index >= 15 is 0 Å². The third kappa shape index (κ3) is 2.92.